The number of amidine groups is 1. The Morgan fingerprint density at radius 1 is 0.931 bits per heavy atom. The molecule has 3 aromatic carbocycles. The first-order chi connectivity index (χ1) is 13.9. The van der Waals surface area contributed by atoms with Gasteiger partial charge in [0.05, 0.1) is 18.5 Å². The lowest BCUT2D eigenvalue weighted by Crippen LogP contribution is -2.17. The maximum atomic E-state index is 13.1. The van der Waals surface area contributed by atoms with Gasteiger partial charge >= 0.3 is 0 Å². The molecule has 0 aliphatic rings. The normalized spacial score (nSPS) is 10.2. The van der Waals surface area contributed by atoms with Gasteiger partial charge in [0.1, 0.15) is 11.6 Å². The second kappa shape index (κ2) is 8.26. The molecule has 0 atom stereocenters. The van der Waals surface area contributed by atoms with Crippen LogP contribution in [0.25, 0.3) is 0 Å². The molecule has 3 rings (SSSR count). The second-order valence-corrected chi connectivity index (χ2v) is 6.28. The van der Waals surface area contributed by atoms with Crippen LogP contribution in [-0.2, 0) is 0 Å². The molecule has 146 valence electrons. The molecule has 0 heterocycles. The van der Waals surface area contributed by atoms with Gasteiger partial charge in [-0.1, -0.05) is 24.3 Å². The van der Waals surface area contributed by atoms with Gasteiger partial charge in [-0.3, -0.25) is 15.0 Å². The number of para-hydroxylation sites is 1. The van der Waals surface area contributed by atoms with Crippen LogP contribution in [0.15, 0.2) is 66.7 Å². The third-order valence-electron chi connectivity index (χ3n) is 4.37. The maximum Gasteiger partial charge on any atom is 0.255 e. The van der Waals surface area contributed by atoms with Gasteiger partial charge in [-0.05, 0) is 42.5 Å². The van der Waals surface area contributed by atoms with E-state index in [2.05, 4.69) is 5.32 Å². The zero-order valence-corrected chi connectivity index (χ0v) is 15.7. The van der Waals surface area contributed by atoms with E-state index in [9.17, 15) is 9.59 Å². The molecular weight excluding hydrogens is 368 g/mol. The summed E-state index contributed by atoms with van der Waals surface area (Å²) < 4.78 is 5.09. The molecule has 0 bridgehead atoms. The fourth-order valence-corrected chi connectivity index (χ4v) is 2.81. The third-order valence-corrected chi connectivity index (χ3v) is 4.37. The van der Waals surface area contributed by atoms with E-state index >= 15 is 0 Å². The SMILES string of the molecule is COc1ccc(C(=O)Nc2c(N)cccc2C(=O)c2cccc(C(=N)N)c2)cc1. The highest BCUT2D eigenvalue weighted by atomic mass is 16.5. The van der Waals surface area contributed by atoms with Crippen molar-refractivity contribution in [3.05, 3.63) is 89.0 Å². The van der Waals surface area contributed by atoms with Gasteiger partial charge in [-0.25, -0.2) is 0 Å². The van der Waals surface area contributed by atoms with E-state index in [4.69, 9.17) is 21.6 Å². The number of amides is 1. The highest BCUT2D eigenvalue weighted by Gasteiger charge is 2.19. The Morgan fingerprint density at radius 3 is 2.24 bits per heavy atom. The summed E-state index contributed by atoms with van der Waals surface area (Å²) in [6.45, 7) is 0. The smallest absolute Gasteiger partial charge is 0.255 e. The number of carbonyl (C=O) groups excluding carboxylic acids is 2. The van der Waals surface area contributed by atoms with Crippen LogP contribution in [0.1, 0.15) is 31.8 Å². The van der Waals surface area contributed by atoms with Crippen molar-refractivity contribution in [1.82, 2.24) is 0 Å². The zero-order valence-electron chi connectivity index (χ0n) is 15.7. The number of nitrogens with one attached hydrogen (secondary N) is 2. The first kappa shape index (κ1) is 19.6. The predicted octanol–water partition coefficient (Wildman–Crippen LogP) is 3.04. The van der Waals surface area contributed by atoms with E-state index < -0.39 is 5.91 Å². The lowest BCUT2D eigenvalue weighted by Gasteiger charge is -2.14. The largest absolute Gasteiger partial charge is 0.497 e. The average molecular weight is 388 g/mol. The minimum absolute atomic E-state index is 0.139. The van der Waals surface area contributed by atoms with Crippen molar-refractivity contribution in [2.45, 2.75) is 0 Å². The van der Waals surface area contributed by atoms with Crippen LogP contribution in [0.3, 0.4) is 0 Å². The number of nitrogen functional groups attached to an aromatic ring is 2. The standard InChI is InChI=1S/C22H20N4O3/c1-29-16-10-8-13(9-11-16)22(28)26-19-17(6-3-7-18(19)23)20(27)14-4-2-5-15(12-14)21(24)25/h2-12H,23H2,1H3,(H3,24,25)(H,26,28). The van der Waals surface area contributed by atoms with Crippen LogP contribution < -0.4 is 21.5 Å². The molecular formula is C22H20N4O3. The van der Waals surface area contributed by atoms with Gasteiger partial charge < -0.3 is 21.5 Å². The van der Waals surface area contributed by atoms with Crippen LogP contribution in [0.2, 0.25) is 0 Å². The van der Waals surface area contributed by atoms with E-state index in [1.165, 1.54) is 6.07 Å². The number of hydrogen-bond acceptors (Lipinski definition) is 5. The molecule has 0 aliphatic heterocycles. The second-order valence-electron chi connectivity index (χ2n) is 6.28. The molecule has 0 saturated heterocycles. The summed E-state index contributed by atoms with van der Waals surface area (Å²) in [4.78, 5) is 25.7. The Labute approximate surface area is 167 Å². The maximum absolute atomic E-state index is 13.1. The summed E-state index contributed by atoms with van der Waals surface area (Å²) in [5.41, 5.74) is 13.5. The van der Waals surface area contributed by atoms with Crippen molar-refractivity contribution < 1.29 is 14.3 Å². The number of anilines is 2. The van der Waals surface area contributed by atoms with Crippen LogP contribution in [0, 0.1) is 5.41 Å². The van der Waals surface area contributed by atoms with Crippen molar-refractivity contribution in [2.24, 2.45) is 5.73 Å². The van der Waals surface area contributed by atoms with Crippen molar-refractivity contribution in [3.63, 3.8) is 0 Å². The summed E-state index contributed by atoms with van der Waals surface area (Å²) in [6.07, 6.45) is 0. The van der Waals surface area contributed by atoms with E-state index in [0.29, 0.717) is 22.4 Å². The van der Waals surface area contributed by atoms with E-state index in [0.717, 1.165) is 0 Å². The summed E-state index contributed by atoms with van der Waals surface area (Å²) >= 11 is 0. The number of nitrogens with two attached hydrogens (primary N) is 2. The lowest BCUT2D eigenvalue weighted by atomic mass is 9.98. The van der Waals surface area contributed by atoms with Gasteiger partial charge in [0, 0.05) is 22.3 Å². The lowest BCUT2D eigenvalue weighted by molar-refractivity contribution is 0.102. The van der Waals surface area contributed by atoms with Crippen LogP contribution in [0.4, 0.5) is 11.4 Å². The van der Waals surface area contributed by atoms with Crippen molar-refractivity contribution in [2.75, 3.05) is 18.2 Å². The van der Waals surface area contributed by atoms with Crippen molar-refractivity contribution in [3.8, 4) is 5.75 Å². The van der Waals surface area contributed by atoms with Crippen molar-refractivity contribution in [1.29, 1.82) is 5.41 Å². The molecule has 0 aliphatic carbocycles. The van der Waals surface area contributed by atoms with Gasteiger partial charge in [0.2, 0.25) is 0 Å². The fourth-order valence-electron chi connectivity index (χ4n) is 2.81. The summed E-state index contributed by atoms with van der Waals surface area (Å²) in [5, 5.41) is 10.3. The molecule has 0 aromatic heterocycles. The van der Waals surface area contributed by atoms with Crippen LogP contribution in [-0.4, -0.2) is 24.6 Å². The fraction of sp³-hybridized carbons (Fsp3) is 0.0455. The monoisotopic (exact) mass is 388 g/mol. The topological polar surface area (TPSA) is 131 Å². The van der Waals surface area contributed by atoms with E-state index in [1.54, 1.807) is 67.8 Å². The van der Waals surface area contributed by atoms with Gasteiger partial charge in [-0.15, -0.1) is 0 Å². The number of methoxy groups -OCH3 is 1. The summed E-state index contributed by atoms with van der Waals surface area (Å²) in [6, 6.07) is 17.8. The Kier molecular flexibility index (Phi) is 5.59. The number of hydrogen-bond donors (Lipinski definition) is 4. The molecule has 0 unspecified atom stereocenters. The third kappa shape index (κ3) is 4.24. The summed E-state index contributed by atoms with van der Waals surface area (Å²) in [7, 11) is 1.54. The van der Waals surface area contributed by atoms with Crippen LogP contribution >= 0.6 is 0 Å². The molecule has 6 N–H and O–H groups in total. The molecule has 0 fully saturated rings. The molecule has 7 heteroatoms. The molecule has 0 radical (unpaired) electrons. The van der Waals surface area contributed by atoms with Crippen LogP contribution in [0.5, 0.6) is 5.75 Å². The number of carbonyl (C=O) groups is 2. The molecule has 1 amide bonds. The predicted molar refractivity (Wildman–Crippen MR) is 113 cm³/mol. The number of ketones is 1. The Balaban J connectivity index is 1.94. The Bertz CT molecular complexity index is 1090. The molecule has 0 saturated carbocycles. The van der Waals surface area contributed by atoms with Gasteiger partial charge in [0.25, 0.3) is 5.91 Å². The summed E-state index contributed by atoms with van der Waals surface area (Å²) in [5.74, 6) is -0.259. The number of rotatable bonds is 6. The Morgan fingerprint density at radius 2 is 1.59 bits per heavy atom. The molecule has 29 heavy (non-hydrogen) atoms. The number of ether oxygens (including phenoxy) is 1. The van der Waals surface area contributed by atoms with E-state index in [-0.39, 0.29) is 28.6 Å². The average Bonchev–Trinajstić information content (AvgIpc) is 2.74. The number of benzene rings is 3. The highest BCUT2D eigenvalue weighted by Crippen LogP contribution is 2.27. The first-order valence-electron chi connectivity index (χ1n) is 8.73. The quantitative estimate of drug-likeness (QED) is 0.223. The Hall–Kier alpha value is -4.13. The minimum Gasteiger partial charge on any atom is -0.497 e. The molecule has 3 aromatic rings. The zero-order chi connectivity index (χ0) is 21.0. The van der Waals surface area contributed by atoms with E-state index in [1.807, 2.05) is 0 Å². The van der Waals surface area contributed by atoms with Gasteiger partial charge in [-0.2, -0.15) is 0 Å². The van der Waals surface area contributed by atoms with Crippen molar-refractivity contribution >= 4 is 28.9 Å². The molecule has 0 spiro atoms. The molecule has 7 nitrogen and oxygen atoms in total. The highest BCUT2D eigenvalue weighted by molar-refractivity contribution is 6.17. The minimum atomic E-state index is -0.405. The van der Waals surface area contributed by atoms with Gasteiger partial charge in [0.15, 0.2) is 5.78 Å². The first-order valence-corrected chi connectivity index (χ1v) is 8.73.